The first kappa shape index (κ1) is 34.4. The molecule has 4 aromatic carbocycles. The van der Waals surface area contributed by atoms with E-state index in [2.05, 4.69) is 5.32 Å². The van der Waals surface area contributed by atoms with Gasteiger partial charge in [-0.25, -0.2) is 12.8 Å². The molecule has 0 bridgehead atoms. The van der Waals surface area contributed by atoms with Gasteiger partial charge in [0.15, 0.2) is 0 Å². The number of anilines is 1. The SMILES string of the molecule is Cc1ccc(S(=O)(=O)N(CC(=O)N(Cc2c(Cl)cccc2Cl)[C@H](Cc2ccccc2)C(=O)NC2CCCC2)c2ccccc2F)cc1. The Morgan fingerprint density at radius 3 is 2.13 bits per heavy atom. The van der Waals surface area contributed by atoms with Crippen LogP contribution >= 0.6 is 23.2 Å². The van der Waals surface area contributed by atoms with Crippen LogP contribution in [0.15, 0.2) is 102 Å². The number of nitrogens with zero attached hydrogens (tertiary/aromatic N) is 2. The van der Waals surface area contributed by atoms with Gasteiger partial charge in [-0.1, -0.05) is 102 Å². The Balaban J connectivity index is 1.60. The van der Waals surface area contributed by atoms with E-state index in [1.807, 2.05) is 37.3 Å². The molecule has 0 radical (unpaired) electrons. The van der Waals surface area contributed by atoms with Gasteiger partial charge in [0, 0.05) is 34.6 Å². The van der Waals surface area contributed by atoms with Crippen LogP contribution in [0, 0.1) is 12.7 Å². The van der Waals surface area contributed by atoms with Crippen LogP contribution in [-0.2, 0) is 32.6 Å². The van der Waals surface area contributed by atoms with Crippen LogP contribution in [0.1, 0.15) is 42.4 Å². The highest BCUT2D eigenvalue weighted by Crippen LogP contribution is 2.30. The van der Waals surface area contributed by atoms with E-state index in [1.165, 1.54) is 35.2 Å². The molecule has 47 heavy (non-hydrogen) atoms. The van der Waals surface area contributed by atoms with Crippen molar-refractivity contribution in [3.05, 3.63) is 130 Å². The number of rotatable bonds is 12. The van der Waals surface area contributed by atoms with Gasteiger partial charge in [0.2, 0.25) is 11.8 Å². The maximum atomic E-state index is 15.3. The molecule has 0 spiro atoms. The van der Waals surface area contributed by atoms with Crippen molar-refractivity contribution in [1.29, 1.82) is 0 Å². The van der Waals surface area contributed by atoms with Crippen LogP contribution in [0.4, 0.5) is 10.1 Å². The van der Waals surface area contributed by atoms with Crippen LogP contribution in [0.25, 0.3) is 0 Å². The summed E-state index contributed by atoms with van der Waals surface area (Å²) in [6.45, 7) is 0.833. The van der Waals surface area contributed by atoms with Gasteiger partial charge >= 0.3 is 0 Å². The molecule has 1 saturated carbocycles. The minimum absolute atomic E-state index is 0.0431. The number of benzene rings is 4. The molecule has 1 atom stereocenters. The second kappa shape index (κ2) is 15.3. The first-order valence-corrected chi connectivity index (χ1v) is 17.6. The van der Waals surface area contributed by atoms with Crippen LogP contribution < -0.4 is 9.62 Å². The number of carbonyl (C=O) groups excluding carboxylic acids is 2. The summed E-state index contributed by atoms with van der Waals surface area (Å²) in [7, 11) is -4.44. The quantitative estimate of drug-likeness (QED) is 0.168. The molecule has 246 valence electrons. The van der Waals surface area contributed by atoms with E-state index in [0.717, 1.165) is 47.2 Å². The maximum Gasteiger partial charge on any atom is 0.264 e. The lowest BCUT2D eigenvalue weighted by Crippen LogP contribution is -2.54. The summed E-state index contributed by atoms with van der Waals surface area (Å²) in [5.41, 5.74) is 1.72. The third-order valence-electron chi connectivity index (χ3n) is 8.37. The van der Waals surface area contributed by atoms with E-state index in [9.17, 15) is 18.0 Å². The summed E-state index contributed by atoms with van der Waals surface area (Å²) in [4.78, 5) is 29.9. The second-order valence-electron chi connectivity index (χ2n) is 11.7. The Labute approximate surface area is 285 Å². The zero-order valence-electron chi connectivity index (χ0n) is 25.9. The van der Waals surface area contributed by atoms with E-state index >= 15 is 4.39 Å². The van der Waals surface area contributed by atoms with Crippen molar-refractivity contribution < 1.29 is 22.4 Å². The summed E-state index contributed by atoms with van der Waals surface area (Å²) in [6.07, 6.45) is 3.76. The Hall–Kier alpha value is -3.92. The molecule has 0 saturated heterocycles. The average Bonchev–Trinajstić information content (AvgIpc) is 3.57. The minimum atomic E-state index is -4.44. The van der Waals surface area contributed by atoms with E-state index in [1.54, 1.807) is 30.3 Å². The zero-order chi connectivity index (χ0) is 33.6. The van der Waals surface area contributed by atoms with Crippen LogP contribution in [0.2, 0.25) is 10.0 Å². The Morgan fingerprint density at radius 1 is 0.872 bits per heavy atom. The smallest absolute Gasteiger partial charge is 0.264 e. The van der Waals surface area contributed by atoms with Gasteiger partial charge in [-0.3, -0.25) is 13.9 Å². The van der Waals surface area contributed by atoms with Gasteiger partial charge in [-0.15, -0.1) is 0 Å². The van der Waals surface area contributed by atoms with E-state index in [-0.39, 0.29) is 45.5 Å². The first-order chi connectivity index (χ1) is 22.5. The molecular formula is C36H36Cl2FN3O4S. The van der Waals surface area contributed by atoms with Crippen molar-refractivity contribution in [2.75, 3.05) is 10.8 Å². The van der Waals surface area contributed by atoms with Gasteiger partial charge < -0.3 is 10.2 Å². The number of para-hydroxylation sites is 1. The summed E-state index contributed by atoms with van der Waals surface area (Å²) in [5, 5.41) is 3.68. The summed E-state index contributed by atoms with van der Waals surface area (Å²) >= 11 is 13.1. The third-order valence-corrected chi connectivity index (χ3v) is 10.9. The van der Waals surface area contributed by atoms with Crippen LogP contribution in [-0.4, -0.2) is 43.8 Å². The molecule has 0 aromatic heterocycles. The minimum Gasteiger partial charge on any atom is -0.352 e. The zero-order valence-corrected chi connectivity index (χ0v) is 28.2. The number of amides is 2. The molecule has 1 aliphatic carbocycles. The van der Waals surface area contributed by atoms with Gasteiger partial charge in [0.25, 0.3) is 10.0 Å². The standard InChI is InChI=1S/C36H36Cl2FN3O4S/c1-25-18-20-28(21-19-25)47(45,46)42(33-17-8-7-16-32(33)39)24-35(43)41(23-29-30(37)14-9-15-31(29)38)34(22-26-10-3-2-4-11-26)36(44)40-27-12-5-6-13-27/h2-4,7-11,14-21,27,34H,5-6,12-13,22-24H2,1H3,(H,40,44)/t34-/m1/s1. The fourth-order valence-electron chi connectivity index (χ4n) is 5.78. The molecule has 2 amide bonds. The first-order valence-electron chi connectivity index (χ1n) is 15.4. The highest BCUT2D eigenvalue weighted by Gasteiger charge is 2.36. The summed E-state index contributed by atoms with van der Waals surface area (Å²) < 4.78 is 44.3. The van der Waals surface area contributed by atoms with Crippen molar-refractivity contribution >= 4 is 50.7 Å². The fraction of sp³-hybridized carbons (Fsp3) is 0.278. The molecular weight excluding hydrogens is 660 g/mol. The van der Waals surface area contributed by atoms with Gasteiger partial charge in [-0.2, -0.15) is 0 Å². The van der Waals surface area contributed by atoms with Crippen molar-refractivity contribution in [3.63, 3.8) is 0 Å². The Kier molecular flexibility index (Phi) is 11.2. The lowest BCUT2D eigenvalue weighted by molar-refractivity contribution is -0.140. The normalized spacial score (nSPS) is 14.0. The van der Waals surface area contributed by atoms with E-state index in [4.69, 9.17) is 23.2 Å². The van der Waals surface area contributed by atoms with Crippen LogP contribution in [0.5, 0.6) is 0 Å². The van der Waals surface area contributed by atoms with E-state index < -0.39 is 34.3 Å². The molecule has 0 unspecified atom stereocenters. The largest absolute Gasteiger partial charge is 0.352 e. The number of halogens is 3. The Morgan fingerprint density at radius 2 is 1.49 bits per heavy atom. The number of hydrogen-bond acceptors (Lipinski definition) is 4. The van der Waals surface area contributed by atoms with Crippen molar-refractivity contribution in [2.24, 2.45) is 0 Å². The lowest BCUT2D eigenvalue weighted by Gasteiger charge is -2.34. The van der Waals surface area contributed by atoms with Gasteiger partial charge in [0.1, 0.15) is 18.4 Å². The monoisotopic (exact) mass is 695 g/mol. The predicted molar refractivity (Wildman–Crippen MR) is 183 cm³/mol. The average molecular weight is 697 g/mol. The van der Waals surface area contributed by atoms with Crippen LogP contribution in [0.3, 0.4) is 0 Å². The molecule has 1 aliphatic rings. The van der Waals surface area contributed by atoms with Gasteiger partial charge in [-0.05, 0) is 61.7 Å². The molecule has 4 aromatic rings. The number of nitrogens with one attached hydrogen (secondary N) is 1. The molecule has 11 heteroatoms. The molecule has 0 aliphatic heterocycles. The second-order valence-corrected chi connectivity index (χ2v) is 14.4. The predicted octanol–water partition coefficient (Wildman–Crippen LogP) is 7.34. The highest BCUT2D eigenvalue weighted by atomic mass is 35.5. The number of aryl methyl sites for hydroxylation is 1. The Bertz CT molecular complexity index is 1800. The number of sulfonamides is 1. The molecule has 7 nitrogen and oxygen atoms in total. The molecule has 1 fully saturated rings. The fourth-order valence-corrected chi connectivity index (χ4v) is 7.72. The summed E-state index contributed by atoms with van der Waals surface area (Å²) in [6, 6.07) is 24.5. The van der Waals surface area contributed by atoms with Crippen molar-refractivity contribution in [2.45, 2.75) is 62.6 Å². The third kappa shape index (κ3) is 8.33. The lowest BCUT2D eigenvalue weighted by atomic mass is 10.0. The number of carbonyl (C=O) groups is 2. The van der Waals surface area contributed by atoms with Crippen molar-refractivity contribution in [3.8, 4) is 0 Å². The summed E-state index contributed by atoms with van der Waals surface area (Å²) in [5.74, 6) is -1.94. The highest BCUT2D eigenvalue weighted by molar-refractivity contribution is 7.92. The topological polar surface area (TPSA) is 86.8 Å². The maximum absolute atomic E-state index is 15.3. The molecule has 5 rings (SSSR count). The van der Waals surface area contributed by atoms with Crippen molar-refractivity contribution in [1.82, 2.24) is 10.2 Å². The number of hydrogen-bond donors (Lipinski definition) is 1. The molecule has 1 N–H and O–H groups in total. The molecule has 0 heterocycles. The van der Waals surface area contributed by atoms with Gasteiger partial charge in [0.05, 0.1) is 10.6 Å². The van der Waals surface area contributed by atoms with E-state index in [0.29, 0.717) is 5.56 Å².